The van der Waals surface area contributed by atoms with Crippen LogP contribution in [0.2, 0.25) is 0 Å². The fourth-order valence-corrected chi connectivity index (χ4v) is 1.66. The molecular formula is C15H32N2O3. The van der Waals surface area contributed by atoms with Gasteiger partial charge in [-0.25, -0.2) is 4.79 Å². The van der Waals surface area contributed by atoms with Crippen LogP contribution in [-0.2, 0) is 9.47 Å². The van der Waals surface area contributed by atoms with Crippen molar-refractivity contribution in [2.24, 2.45) is 0 Å². The van der Waals surface area contributed by atoms with E-state index in [4.69, 9.17) is 9.47 Å². The van der Waals surface area contributed by atoms with Crippen LogP contribution in [0.3, 0.4) is 0 Å². The molecule has 5 nitrogen and oxygen atoms in total. The number of hydrogen-bond acceptors (Lipinski definition) is 4. The van der Waals surface area contributed by atoms with Crippen molar-refractivity contribution in [2.45, 2.75) is 52.6 Å². The van der Waals surface area contributed by atoms with Crippen LogP contribution in [-0.4, -0.2) is 56.5 Å². The Morgan fingerprint density at radius 2 is 1.85 bits per heavy atom. The van der Waals surface area contributed by atoms with Gasteiger partial charge in [-0.15, -0.1) is 0 Å². The molecule has 0 bridgehead atoms. The minimum Gasteiger partial charge on any atom is -0.444 e. The van der Waals surface area contributed by atoms with Crippen LogP contribution in [0.4, 0.5) is 4.79 Å². The molecule has 0 radical (unpaired) electrons. The molecule has 0 fully saturated rings. The highest BCUT2D eigenvalue weighted by Gasteiger charge is 2.21. The molecule has 0 aromatic heterocycles. The molecule has 0 atom stereocenters. The van der Waals surface area contributed by atoms with Gasteiger partial charge in [0.15, 0.2) is 0 Å². The monoisotopic (exact) mass is 288 g/mol. The summed E-state index contributed by atoms with van der Waals surface area (Å²) in [5.41, 5.74) is -0.461. The summed E-state index contributed by atoms with van der Waals surface area (Å²) in [4.78, 5) is 13.7. The molecule has 0 rings (SSSR count). The minimum atomic E-state index is -0.461. The topological polar surface area (TPSA) is 50.8 Å². The van der Waals surface area contributed by atoms with Crippen molar-refractivity contribution >= 4 is 6.09 Å². The maximum atomic E-state index is 12.1. The fourth-order valence-electron chi connectivity index (χ4n) is 1.66. The van der Waals surface area contributed by atoms with Crippen molar-refractivity contribution in [3.05, 3.63) is 0 Å². The van der Waals surface area contributed by atoms with Gasteiger partial charge in [0, 0.05) is 26.7 Å². The van der Waals surface area contributed by atoms with Crippen molar-refractivity contribution in [2.75, 3.05) is 39.9 Å². The molecule has 1 N–H and O–H groups in total. The Balaban J connectivity index is 4.04. The van der Waals surface area contributed by atoms with E-state index >= 15 is 0 Å². The molecule has 5 heteroatoms. The Kier molecular flexibility index (Phi) is 10.5. The van der Waals surface area contributed by atoms with Crippen molar-refractivity contribution < 1.29 is 14.3 Å². The van der Waals surface area contributed by atoms with Gasteiger partial charge in [-0.3, -0.25) is 0 Å². The van der Waals surface area contributed by atoms with Crippen molar-refractivity contribution in [3.8, 4) is 0 Å². The third kappa shape index (κ3) is 11.1. The number of carbonyl (C=O) groups excluding carboxylic acids is 1. The number of carbonyl (C=O) groups is 1. The lowest BCUT2D eigenvalue weighted by Crippen LogP contribution is -2.42. The number of amides is 1. The van der Waals surface area contributed by atoms with Gasteiger partial charge in [-0.05, 0) is 33.7 Å². The van der Waals surface area contributed by atoms with E-state index in [2.05, 4.69) is 12.2 Å². The van der Waals surface area contributed by atoms with E-state index < -0.39 is 5.60 Å². The first-order chi connectivity index (χ1) is 9.40. The quantitative estimate of drug-likeness (QED) is 0.628. The maximum Gasteiger partial charge on any atom is 0.410 e. The highest BCUT2D eigenvalue weighted by molar-refractivity contribution is 5.68. The van der Waals surface area contributed by atoms with Gasteiger partial charge in [-0.1, -0.05) is 19.8 Å². The van der Waals surface area contributed by atoms with E-state index in [1.165, 1.54) is 19.3 Å². The predicted octanol–water partition coefficient (Wildman–Crippen LogP) is 2.65. The Labute approximate surface area is 124 Å². The number of ether oxygens (including phenoxy) is 2. The number of unbranched alkanes of at least 4 members (excludes halogenated alkanes) is 2. The molecule has 0 aromatic carbocycles. The summed E-state index contributed by atoms with van der Waals surface area (Å²) >= 11 is 0. The second-order valence-corrected chi connectivity index (χ2v) is 5.92. The maximum absolute atomic E-state index is 12.1. The van der Waals surface area contributed by atoms with Crippen LogP contribution in [0.25, 0.3) is 0 Å². The molecule has 0 aliphatic heterocycles. The van der Waals surface area contributed by atoms with Gasteiger partial charge >= 0.3 is 6.09 Å². The van der Waals surface area contributed by atoms with Gasteiger partial charge in [0.1, 0.15) is 5.60 Å². The minimum absolute atomic E-state index is 0.273. The van der Waals surface area contributed by atoms with Gasteiger partial charge in [0.2, 0.25) is 0 Å². The first kappa shape index (κ1) is 19.2. The average Bonchev–Trinajstić information content (AvgIpc) is 2.34. The molecule has 0 unspecified atom stereocenters. The van der Waals surface area contributed by atoms with Gasteiger partial charge in [0.05, 0.1) is 6.61 Å². The van der Waals surface area contributed by atoms with Crippen LogP contribution >= 0.6 is 0 Å². The molecule has 0 aliphatic carbocycles. The fraction of sp³-hybridized carbons (Fsp3) is 0.933. The number of nitrogens with zero attached hydrogens (tertiary/aromatic N) is 1. The lowest BCUT2D eigenvalue weighted by atomic mass is 10.2. The van der Waals surface area contributed by atoms with Gasteiger partial charge in [0.25, 0.3) is 0 Å². The van der Waals surface area contributed by atoms with E-state index in [0.717, 1.165) is 13.1 Å². The zero-order chi connectivity index (χ0) is 15.4. The number of methoxy groups -OCH3 is 1. The Morgan fingerprint density at radius 3 is 2.40 bits per heavy atom. The molecule has 0 aromatic rings. The second-order valence-electron chi connectivity index (χ2n) is 5.92. The average molecular weight is 288 g/mol. The first-order valence-electron chi connectivity index (χ1n) is 7.58. The van der Waals surface area contributed by atoms with E-state index in [1.54, 1.807) is 12.0 Å². The summed E-state index contributed by atoms with van der Waals surface area (Å²) in [7, 11) is 1.64. The molecular weight excluding hydrogens is 256 g/mol. The van der Waals surface area contributed by atoms with E-state index in [-0.39, 0.29) is 6.09 Å². The van der Waals surface area contributed by atoms with Gasteiger partial charge in [-0.2, -0.15) is 0 Å². The molecule has 20 heavy (non-hydrogen) atoms. The number of hydrogen-bond donors (Lipinski definition) is 1. The molecule has 0 aliphatic rings. The Hall–Kier alpha value is -0.810. The lowest BCUT2D eigenvalue weighted by molar-refractivity contribution is 0.0204. The zero-order valence-corrected chi connectivity index (χ0v) is 13.8. The molecule has 0 heterocycles. The highest BCUT2D eigenvalue weighted by Crippen LogP contribution is 2.09. The molecule has 1 amide bonds. The van der Waals surface area contributed by atoms with Gasteiger partial charge < -0.3 is 19.7 Å². The third-order valence-corrected chi connectivity index (χ3v) is 2.73. The Morgan fingerprint density at radius 1 is 1.15 bits per heavy atom. The summed E-state index contributed by atoms with van der Waals surface area (Å²) in [6, 6.07) is 0. The smallest absolute Gasteiger partial charge is 0.410 e. The van der Waals surface area contributed by atoms with Crippen LogP contribution in [0.15, 0.2) is 0 Å². The number of rotatable bonds is 10. The summed E-state index contributed by atoms with van der Waals surface area (Å²) in [6.45, 7) is 11.3. The van der Waals surface area contributed by atoms with Crippen LogP contribution < -0.4 is 5.32 Å². The molecule has 0 saturated heterocycles. The van der Waals surface area contributed by atoms with Crippen LogP contribution in [0.5, 0.6) is 0 Å². The molecule has 120 valence electrons. The van der Waals surface area contributed by atoms with Crippen molar-refractivity contribution in [1.82, 2.24) is 10.2 Å². The van der Waals surface area contributed by atoms with E-state index in [9.17, 15) is 4.79 Å². The van der Waals surface area contributed by atoms with E-state index in [1.807, 2.05) is 20.8 Å². The highest BCUT2D eigenvalue weighted by atomic mass is 16.6. The van der Waals surface area contributed by atoms with Crippen LogP contribution in [0, 0.1) is 0 Å². The largest absolute Gasteiger partial charge is 0.444 e. The van der Waals surface area contributed by atoms with E-state index in [0.29, 0.717) is 19.7 Å². The molecule has 0 saturated carbocycles. The van der Waals surface area contributed by atoms with Crippen LogP contribution in [0.1, 0.15) is 47.0 Å². The SMILES string of the molecule is CCCCCNCCN(CCOC)C(=O)OC(C)(C)C. The summed E-state index contributed by atoms with van der Waals surface area (Å²) in [6.07, 6.45) is 3.37. The summed E-state index contributed by atoms with van der Waals surface area (Å²) in [5.74, 6) is 0. The third-order valence-electron chi connectivity index (χ3n) is 2.73. The lowest BCUT2D eigenvalue weighted by Gasteiger charge is -2.27. The first-order valence-corrected chi connectivity index (χ1v) is 7.58. The second kappa shape index (κ2) is 10.9. The van der Waals surface area contributed by atoms with Crippen molar-refractivity contribution in [3.63, 3.8) is 0 Å². The zero-order valence-electron chi connectivity index (χ0n) is 13.8. The van der Waals surface area contributed by atoms with Crippen molar-refractivity contribution in [1.29, 1.82) is 0 Å². The predicted molar refractivity (Wildman–Crippen MR) is 82.1 cm³/mol. The standard InChI is InChI=1S/C15H32N2O3/c1-6-7-8-9-16-10-11-17(12-13-19-5)14(18)20-15(2,3)4/h16H,6-13H2,1-5H3. The summed E-state index contributed by atoms with van der Waals surface area (Å²) in [5, 5.41) is 3.35. The number of nitrogens with one attached hydrogen (secondary N) is 1. The Bertz CT molecular complexity index is 252. The molecule has 0 spiro atoms. The normalized spacial score (nSPS) is 11.4. The summed E-state index contributed by atoms with van der Waals surface area (Å²) < 4.78 is 10.4.